The number of nitrogens with one attached hydrogen (secondary N) is 2. The highest BCUT2D eigenvalue weighted by atomic mass is 19.4. The molecule has 4 amide bonds. The zero-order chi connectivity index (χ0) is 38.0. The van der Waals surface area contributed by atoms with Crippen molar-refractivity contribution in [2.45, 2.75) is 63.9 Å². The standard InChI is InChI=1S/C32H40F3N7O10/c1-3-50-31(49)52-40-16-14-39(15-17-40)30(48)22(11-12-26(43)44)37-27(45)23-18-25(42(38-23)21-8-5-4-6-9-21)51-20(2)29(47)41-13-7-10-24(41)28(46)36-19-32(33,34)35/h4-6,8-9,18,20,22,24H,3,7,10-17,19H2,1-2H3,(H,36,46)(H,37,45)(H,43,44)/t20-,22?,24-/m0/s1. The Bertz CT molecular complexity index is 1600. The van der Waals surface area contributed by atoms with Crippen LogP contribution in [0.25, 0.3) is 5.69 Å². The van der Waals surface area contributed by atoms with Crippen LogP contribution in [-0.2, 0) is 28.8 Å². The molecule has 0 aliphatic carbocycles. The fourth-order valence-electron chi connectivity index (χ4n) is 5.61. The number of benzene rings is 1. The van der Waals surface area contributed by atoms with Crippen LogP contribution in [0.2, 0.25) is 0 Å². The molecule has 3 heterocycles. The molecular formula is C32H40F3N7O10. The molecule has 1 aromatic carbocycles. The van der Waals surface area contributed by atoms with Crippen molar-refractivity contribution in [3.8, 4) is 11.6 Å². The van der Waals surface area contributed by atoms with Crippen LogP contribution in [-0.4, -0.2) is 136 Å². The molecule has 0 spiro atoms. The van der Waals surface area contributed by atoms with Crippen LogP contribution in [0.15, 0.2) is 36.4 Å². The van der Waals surface area contributed by atoms with Crippen LogP contribution < -0.4 is 15.4 Å². The van der Waals surface area contributed by atoms with Crippen LogP contribution in [0.1, 0.15) is 50.0 Å². The number of carbonyl (C=O) groups is 6. The van der Waals surface area contributed by atoms with Crippen molar-refractivity contribution in [1.82, 2.24) is 35.3 Å². The predicted octanol–water partition coefficient (Wildman–Crippen LogP) is 1.50. The Morgan fingerprint density at radius 2 is 1.71 bits per heavy atom. The Hall–Kier alpha value is -5.40. The number of likely N-dealkylation sites (tertiary alicyclic amines) is 1. The van der Waals surface area contributed by atoms with Crippen LogP contribution in [0.4, 0.5) is 18.0 Å². The van der Waals surface area contributed by atoms with Crippen LogP contribution in [0.5, 0.6) is 5.88 Å². The largest absolute Gasteiger partial charge is 0.527 e. The second-order valence-electron chi connectivity index (χ2n) is 11.9. The molecule has 3 atom stereocenters. The van der Waals surface area contributed by atoms with Crippen molar-refractivity contribution in [3.63, 3.8) is 0 Å². The van der Waals surface area contributed by atoms with Crippen molar-refractivity contribution in [2.24, 2.45) is 0 Å². The summed E-state index contributed by atoms with van der Waals surface area (Å²) in [5, 5.41) is 19.3. The van der Waals surface area contributed by atoms with Gasteiger partial charge in [0, 0.05) is 32.1 Å². The molecule has 52 heavy (non-hydrogen) atoms. The molecule has 0 saturated carbocycles. The first kappa shape index (κ1) is 39.4. The number of carboxylic acid groups (broad SMARTS) is 1. The van der Waals surface area contributed by atoms with E-state index in [1.165, 1.54) is 27.6 Å². The van der Waals surface area contributed by atoms with Gasteiger partial charge in [0.05, 0.1) is 25.4 Å². The Balaban J connectivity index is 1.49. The van der Waals surface area contributed by atoms with E-state index >= 15 is 0 Å². The number of nitrogens with zero attached hydrogens (tertiary/aromatic N) is 5. The number of ether oxygens (including phenoxy) is 2. The summed E-state index contributed by atoms with van der Waals surface area (Å²) >= 11 is 0. The van der Waals surface area contributed by atoms with Crippen molar-refractivity contribution in [2.75, 3.05) is 45.9 Å². The SMILES string of the molecule is CCOC(=O)ON1CCN(C(=O)C(CCC(=O)O)NC(=O)c2cc(O[C@@H](C)C(=O)N3CCC[C@H]3C(=O)NCC(F)(F)F)n(-c3ccccc3)n2)CC1. The third kappa shape index (κ3) is 10.8. The Labute approximate surface area is 295 Å². The van der Waals surface area contributed by atoms with Gasteiger partial charge in [0.2, 0.25) is 17.7 Å². The maximum absolute atomic E-state index is 13.6. The number of piperazine rings is 1. The summed E-state index contributed by atoms with van der Waals surface area (Å²) in [5.41, 5.74) is 0.174. The van der Waals surface area contributed by atoms with E-state index in [1.54, 1.807) is 37.3 Å². The van der Waals surface area contributed by atoms with E-state index in [9.17, 15) is 47.0 Å². The average molecular weight is 740 g/mol. The molecule has 2 fully saturated rings. The van der Waals surface area contributed by atoms with Gasteiger partial charge in [-0.05, 0) is 45.2 Å². The fourth-order valence-corrected chi connectivity index (χ4v) is 5.61. The highest BCUT2D eigenvalue weighted by molar-refractivity contribution is 5.96. The molecule has 17 nitrogen and oxygen atoms in total. The lowest BCUT2D eigenvalue weighted by Gasteiger charge is -2.35. The first-order chi connectivity index (χ1) is 24.7. The summed E-state index contributed by atoms with van der Waals surface area (Å²) in [7, 11) is 0. The smallest absolute Gasteiger partial charge is 0.481 e. The predicted molar refractivity (Wildman–Crippen MR) is 172 cm³/mol. The van der Waals surface area contributed by atoms with E-state index in [1.807, 2.05) is 5.32 Å². The number of rotatable bonds is 14. The highest BCUT2D eigenvalue weighted by Crippen LogP contribution is 2.24. The molecule has 284 valence electrons. The molecular weight excluding hydrogens is 699 g/mol. The minimum Gasteiger partial charge on any atom is -0.481 e. The Morgan fingerprint density at radius 1 is 1.02 bits per heavy atom. The number of aliphatic carboxylic acids is 1. The Morgan fingerprint density at radius 3 is 2.35 bits per heavy atom. The lowest BCUT2D eigenvalue weighted by molar-refractivity contribution is -0.157. The highest BCUT2D eigenvalue weighted by Gasteiger charge is 2.39. The fraction of sp³-hybridized carbons (Fsp3) is 0.531. The number of aromatic nitrogens is 2. The number of amides is 4. The summed E-state index contributed by atoms with van der Waals surface area (Å²) in [6.07, 6.45) is -6.94. The number of hydroxylamine groups is 2. The van der Waals surface area contributed by atoms with E-state index in [-0.39, 0.29) is 63.7 Å². The van der Waals surface area contributed by atoms with E-state index in [0.717, 1.165) is 4.90 Å². The number of para-hydroxylation sites is 1. The molecule has 2 aliphatic heterocycles. The van der Waals surface area contributed by atoms with Crippen LogP contribution >= 0.6 is 0 Å². The van der Waals surface area contributed by atoms with Crippen LogP contribution in [0, 0.1) is 0 Å². The molecule has 2 saturated heterocycles. The molecule has 20 heteroatoms. The lowest BCUT2D eigenvalue weighted by atomic mass is 10.1. The number of hydrogen-bond donors (Lipinski definition) is 3. The van der Waals surface area contributed by atoms with Crippen LogP contribution in [0.3, 0.4) is 0 Å². The van der Waals surface area contributed by atoms with Crippen molar-refractivity contribution < 1.29 is 61.4 Å². The quantitative estimate of drug-likeness (QED) is 0.236. The maximum atomic E-state index is 13.6. The first-order valence-corrected chi connectivity index (χ1v) is 16.5. The number of carbonyl (C=O) groups excluding carboxylic acids is 5. The van der Waals surface area contributed by atoms with Gasteiger partial charge in [0.1, 0.15) is 18.6 Å². The van der Waals surface area contributed by atoms with Gasteiger partial charge in [-0.1, -0.05) is 18.2 Å². The number of alkyl halides is 3. The van der Waals surface area contributed by atoms with Gasteiger partial charge in [-0.2, -0.15) is 18.3 Å². The van der Waals surface area contributed by atoms with Crippen molar-refractivity contribution in [3.05, 3.63) is 42.1 Å². The van der Waals surface area contributed by atoms with E-state index in [4.69, 9.17) is 14.3 Å². The van der Waals surface area contributed by atoms with E-state index in [0.29, 0.717) is 12.1 Å². The zero-order valence-corrected chi connectivity index (χ0v) is 28.5. The topological polar surface area (TPSA) is 202 Å². The van der Waals surface area contributed by atoms with Gasteiger partial charge in [-0.15, -0.1) is 5.06 Å². The van der Waals surface area contributed by atoms with Gasteiger partial charge in [-0.25, -0.2) is 9.48 Å². The molecule has 0 bridgehead atoms. The number of hydrogen-bond acceptors (Lipinski definition) is 11. The normalized spacial score (nSPS) is 17.5. The monoisotopic (exact) mass is 739 g/mol. The third-order valence-corrected chi connectivity index (χ3v) is 8.12. The summed E-state index contributed by atoms with van der Waals surface area (Å²) in [4.78, 5) is 83.7. The van der Waals surface area contributed by atoms with Gasteiger partial charge < -0.3 is 39.9 Å². The van der Waals surface area contributed by atoms with Crippen molar-refractivity contribution >= 4 is 35.8 Å². The first-order valence-electron chi connectivity index (χ1n) is 16.5. The molecule has 2 aromatic rings. The van der Waals surface area contributed by atoms with Gasteiger partial charge in [0.15, 0.2) is 11.8 Å². The Kier molecular flexibility index (Phi) is 13.4. The summed E-state index contributed by atoms with van der Waals surface area (Å²) in [5.74, 6) is -4.32. The summed E-state index contributed by atoms with van der Waals surface area (Å²) in [6, 6.07) is 7.18. The maximum Gasteiger partial charge on any atom is 0.527 e. The number of carboxylic acids is 1. The number of halogens is 3. The second kappa shape index (κ2) is 17.7. The van der Waals surface area contributed by atoms with Gasteiger partial charge in [-0.3, -0.25) is 24.0 Å². The van der Waals surface area contributed by atoms with Gasteiger partial charge >= 0.3 is 18.3 Å². The molecule has 1 aromatic heterocycles. The molecule has 4 rings (SSSR count). The minimum absolute atomic E-state index is 0.0828. The van der Waals surface area contributed by atoms with Crippen molar-refractivity contribution in [1.29, 1.82) is 0 Å². The summed E-state index contributed by atoms with van der Waals surface area (Å²) in [6.45, 7) is 2.17. The third-order valence-electron chi connectivity index (χ3n) is 8.12. The van der Waals surface area contributed by atoms with E-state index < -0.39 is 73.1 Å². The molecule has 2 aliphatic rings. The molecule has 1 unspecified atom stereocenters. The minimum atomic E-state index is -4.62. The second-order valence-corrected chi connectivity index (χ2v) is 11.9. The van der Waals surface area contributed by atoms with Gasteiger partial charge in [0.25, 0.3) is 11.8 Å². The average Bonchev–Trinajstić information content (AvgIpc) is 3.77. The molecule has 0 radical (unpaired) electrons. The zero-order valence-electron chi connectivity index (χ0n) is 28.5. The summed E-state index contributed by atoms with van der Waals surface area (Å²) < 4.78 is 50.0. The molecule has 3 N–H and O–H groups in total. The van der Waals surface area contributed by atoms with E-state index in [2.05, 4.69) is 10.4 Å². The lowest BCUT2D eigenvalue weighted by Crippen LogP contribution is -2.55.